The van der Waals surface area contributed by atoms with Gasteiger partial charge in [0.05, 0.1) is 17.9 Å². The molecule has 4 rings (SSSR count). The van der Waals surface area contributed by atoms with Gasteiger partial charge in [-0.05, 0) is 30.7 Å². The average molecular weight is 333 g/mol. The van der Waals surface area contributed by atoms with Crippen molar-refractivity contribution in [3.05, 3.63) is 29.8 Å². The number of carbonyl (C=O) groups is 1. The lowest BCUT2D eigenvalue weighted by molar-refractivity contribution is 0.0539. The highest BCUT2D eigenvalue weighted by atomic mass is 19.1. The van der Waals surface area contributed by atoms with E-state index in [1.54, 1.807) is 4.90 Å². The Morgan fingerprint density at radius 2 is 2.04 bits per heavy atom. The van der Waals surface area contributed by atoms with E-state index in [4.69, 9.17) is 0 Å². The van der Waals surface area contributed by atoms with Crippen molar-refractivity contribution in [2.75, 3.05) is 26.2 Å². The fourth-order valence-electron chi connectivity index (χ4n) is 3.74. The SMILES string of the molecule is CC1(C2CC(N3CCN(C(=O)c4ccncc4F)CC3)NN2)CC1. The summed E-state index contributed by atoms with van der Waals surface area (Å²) in [7, 11) is 0. The van der Waals surface area contributed by atoms with Crippen LogP contribution in [0.3, 0.4) is 0 Å². The van der Waals surface area contributed by atoms with Gasteiger partial charge in [0.1, 0.15) is 0 Å². The van der Waals surface area contributed by atoms with Gasteiger partial charge in [0.2, 0.25) is 0 Å². The molecule has 1 aromatic heterocycles. The monoisotopic (exact) mass is 333 g/mol. The van der Waals surface area contributed by atoms with Gasteiger partial charge in [-0.3, -0.25) is 20.1 Å². The molecule has 130 valence electrons. The van der Waals surface area contributed by atoms with Crippen LogP contribution in [-0.2, 0) is 0 Å². The van der Waals surface area contributed by atoms with Gasteiger partial charge in [-0.15, -0.1) is 0 Å². The highest BCUT2D eigenvalue weighted by molar-refractivity contribution is 5.94. The van der Waals surface area contributed by atoms with Gasteiger partial charge < -0.3 is 4.90 Å². The Bertz CT molecular complexity index is 627. The third-order valence-corrected chi connectivity index (χ3v) is 5.81. The zero-order valence-electron chi connectivity index (χ0n) is 14.0. The van der Waals surface area contributed by atoms with E-state index in [1.165, 1.54) is 25.1 Å². The predicted octanol–water partition coefficient (Wildman–Crippen LogP) is 0.971. The molecule has 1 aliphatic carbocycles. The molecule has 2 atom stereocenters. The summed E-state index contributed by atoms with van der Waals surface area (Å²) in [4.78, 5) is 20.3. The topological polar surface area (TPSA) is 60.5 Å². The molecule has 2 aliphatic heterocycles. The Morgan fingerprint density at radius 1 is 1.29 bits per heavy atom. The maximum absolute atomic E-state index is 13.7. The number of nitrogens with one attached hydrogen (secondary N) is 2. The van der Waals surface area contributed by atoms with Gasteiger partial charge in [0, 0.05) is 38.4 Å². The highest BCUT2D eigenvalue weighted by Crippen LogP contribution is 2.50. The first kappa shape index (κ1) is 15.9. The van der Waals surface area contributed by atoms with Gasteiger partial charge in [0.15, 0.2) is 5.82 Å². The summed E-state index contributed by atoms with van der Waals surface area (Å²) < 4.78 is 13.7. The van der Waals surface area contributed by atoms with E-state index in [0.29, 0.717) is 30.7 Å². The third kappa shape index (κ3) is 2.92. The molecular formula is C17H24FN5O. The minimum atomic E-state index is -0.549. The first-order valence-electron chi connectivity index (χ1n) is 8.71. The molecule has 24 heavy (non-hydrogen) atoms. The lowest BCUT2D eigenvalue weighted by Gasteiger charge is -2.37. The van der Waals surface area contributed by atoms with E-state index < -0.39 is 5.82 Å². The number of hydrogen-bond donors (Lipinski definition) is 2. The van der Waals surface area contributed by atoms with Crippen molar-refractivity contribution in [2.45, 2.75) is 38.4 Å². The van der Waals surface area contributed by atoms with Crippen molar-refractivity contribution in [3.63, 3.8) is 0 Å². The van der Waals surface area contributed by atoms with Crippen molar-refractivity contribution >= 4 is 5.91 Å². The first-order valence-corrected chi connectivity index (χ1v) is 8.71. The minimum absolute atomic E-state index is 0.112. The summed E-state index contributed by atoms with van der Waals surface area (Å²) in [6.45, 7) is 5.21. The largest absolute Gasteiger partial charge is 0.336 e. The molecular weight excluding hydrogens is 309 g/mol. The number of hydrazine groups is 1. The zero-order chi connectivity index (χ0) is 16.7. The van der Waals surface area contributed by atoms with Crippen LogP contribution in [0.4, 0.5) is 4.39 Å². The smallest absolute Gasteiger partial charge is 0.257 e. The number of aromatic nitrogens is 1. The normalized spacial score (nSPS) is 29.7. The van der Waals surface area contributed by atoms with Crippen molar-refractivity contribution in [3.8, 4) is 0 Å². The summed E-state index contributed by atoms with van der Waals surface area (Å²) in [6, 6.07) is 1.99. The predicted molar refractivity (Wildman–Crippen MR) is 87.5 cm³/mol. The fraction of sp³-hybridized carbons (Fsp3) is 0.647. The Morgan fingerprint density at radius 3 is 2.71 bits per heavy atom. The second-order valence-electron chi connectivity index (χ2n) is 7.43. The highest BCUT2D eigenvalue weighted by Gasteiger charge is 2.48. The number of amides is 1. The van der Waals surface area contributed by atoms with Crippen LogP contribution >= 0.6 is 0 Å². The number of pyridine rings is 1. The molecule has 6 nitrogen and oxygen atoms in total. The standard InChI is InChI=1S/C17H24FN5O/c1-17(3-4-17)14-10-15(21-20-14)22-6-8-23(9-7-22)16(24)12-2-5-19-11-13(12)18/h2,5,11,14-15,20-21H,3-4,6-10H2,1H3. The van der Waals surface area contributed by atoms with Gasteiger partial charge >= 0.3 is 0 Å². The van der Waals surface area contributed by atoms with Crippen molar-refractivity contribution in [1.29, 1.82) is 0 Å². The summed E-state index contributed by atoms with van der Waals surface area (Å²) in [5, 5.41) is 0. The molecule has 3 heterocycles. The van der Waals surface area contributed by atoms with Crippen molar-refractivity contribution < 1.29 is 9.18 Å². The maximum Gasteiger partial charge on any atom is 0.257 e. The molecule has 2 saturated heterocycles. The lowest BCUT2D eigenvalue weighted by Crippen LogP contribution is -2.55. The number of nitrogens with zero attached hydrogens (tertiary/aromatic N) is 3. The minimum Gasteiger partial charge on any atom is -0.336 e. The van der Waals surface area contributed by atoms with Crippen LogP contribution in [0.15, 0.2) is 18.5 Å². The summed E-state index contributed by atoms with van der Waals surface area (Å²) in [5.74, 6) is -0.789. The van der Waals surface area contributed by atoms with Crippen LogP contribution in [0.25, 0.3) is 0 Å². The zero-order valence-corrected chi connectivity index (χ0v) is 14.0. The molecule has 1 aromatic rings. The van der Waals surface area contributed by atoms with Crippen LogP contribution in [0, 0.1) is 11.2 Å². The van der Waals surface area contributed by atoms with Gasteiger partial charge in [-0.1, -0.05) is 6.92 Å². The summed E-state index contributed by atoms with van der Waals surface area (Å²) in [6.07, 6.45) is 6.58. The third-order valence-electron chi connectivity index (χ3n) is 5.81. The average Bonchev–Trinajstić information content (AvgIpc) is 3.16. The molecule has 0 radical (unpaired) electrons. The molecule has 2 N–H and O–H groups in total. The Kier molecular flexibility index (Phi) is 4.02. The second kappa shape index (κ2) is 6.06. The molecule has 1 saturated carbocycles. The Balaban J connectivity index is 1.32. The molecule has 3 fully saturated rings. The van der Waals surface area contributed by atoms with Gasteiger partial charge in [-0.2, -0.15) is 0 Å². The number of piperazine rings is 1. The van der Waals surface area contributed by atoms with E-state index in [9.17, 15) is 9.18 Å². The Hall–Kier alpha value is -1.57. The number of hydrogen-bond acceptors (Lipinski definition) is 5. The van der Waals surface area contributed by atoms with E-state index in [2.05, 4.69) is 27.7 Å². The lowest BCUT2D eigenvalue weighted by atomic mass is 9.96. The second-order valence-corrected chi connectivity index (χ2v) is 7.43. The van der Waals surface area contributed by atoms with E-state index in [0.717, 1.165) is 25.7 Å². The molecule has 2 unspecified atom stereocenters. The molecule has 0 aromatic carbocycles. The molecule has 0 bridgehead atoms. The first-order chi connectivity index (χ1) is 11.6. The van der Waals surface area contributed by atoms with Crippen LogP contribution in [-0.4, -0.2) is 59.1 Å². The summed E-state index contributed by atoms with van der Waals surface area (Å²) in [5.41, 5.74) is 7.43. The molecule has 7 heteroatoms. The van der Waals surface area contributed by atoms with Crippen LogP contribution in [0.1, 0.15) is 36.5 Å². The quantitative estimate of drug-likeness (QED) is 0.863. The fourth-order valence-corrected chi connectivity index (χ4v) is 3.74. The van der Waals surface area contributed by atoms with Crippen molar-refractivity contribution in [1.82, 2.24) is 25.6 Å². The number of carbonyl (C=O) groups excluding carboxylic acids is 1. The number of rotatable bonds is 3. The van der Waals surface area contributed by atoms with Gasteiger partial charge in [0.25, 0.3) is 5.91 Å². The molecule has 0 spiro atoms. The van der Waals surface area contributed by atoms with Gasteiger partial charge in [-0.25, -0.2) is 9.82 Å². The molecule has 1 amide bonds. The van der Waals surface area contributed by atoms with Crippen LogP contribution in [0.5, 0.6) is 0 Å². The van der Waals surface area contributed by atoms with Crippen molar-refractivity contribution in [2.24, 2.45) is 5.41 Å². The van der Waals surface area contributed by atoms with Crippen LogP contribution in [0.2, 0.25) is 0 Å². The van der Waals surface area contributed by atoms with E-state index in [1.807, 2.05) is 0 Å². The van der Waals surface area contributed by atoms with E-state index >= 15 is 0 Å². The molecule has 3 aliphatic rings. The number of halogens is 1. The van der Waals surface area contributed by atoms with Crippen LogP contribution < -0.4 is 10.9 Å². The summed E-state index contributed by atoms with van der Waals surface area (Å²) >= 11 is 0. The Labute approximate surface area is 141 Å². The maximum atomic E-state index is 13.7. The van der Waals surface area contributed by atoms with E-state index in [-0.39, 0.29) is 11.5 Å².